The Kier molecular flexibility index (Phi) is 6.89. The van der Waals surface area contributed by atoms with Crippen LogP contribution in [0.5, 0.6) is 0 Å². The second-order valence-corrected chi connectivity index (χ2v) is 11.9. The number of amides is 1. The van der Waals surface area contributed by atoms with Crippen molar-refractivity contribution in [3.8, 4) is 0 Å². The molecule has 3 atom stereocenters. The van der Waals surface area contributed by atoms with E-state index in [0.29, 0.717) is 24.3 Å². The Balaban J connectivity index is 1.37. The maximum Gasteiger partial charge on any atom is 0.234 e. The molecule has 5 nitrogen and oxygen atoms in total. The summed E-state index contributed by atoms with van der Waals surface area (Å²) in [4.78, 5) is 21.0. The number of nitrogens with one attached hydrogen (secondary N) is 1. The van der Waals surface area contributed by atoms with Gasteiger partial charge in [-0.1, -0.05) is 60.7 Å². The van der Waals surface area contributed by atoms with E-state index in [-0.39, 0.29) is 17.5 Å². The molecule has 0 unspecified atom stereocenters. The minimum Gasteiger partial charge on any atom is -0.352 e. The first kappa shape index (κ1) is 24.1. The summed E-state index contributed by atoms with van der Waals surface area (Å²) in [7, 11) is 2.24. The molecule has 1 N–H and O–H groups in total. The molecule has 3 saturated carbocycles. The summed E-state index contributed by atoms with van der Waals surface area (Å²) in [6.07, 6.45) is 5.93. The van der Waals surface area contributed by atoms with E-state index in [1.807, 2.05) is 0 Å². The van der Waals surface area contributed by atoms with Gasteiger partial charge in [0.15, 0.2) is 0 Å². The standard InChI is InChI=1S/C31H42N4O/c1-33-16-18-35(19-17-33)31-20-26(24-10-4-2-5-11-24)30(27(21-31)25-12-6-3-7-13-25)28(22-31)32-29(36)23-34-14-8-9-15-34/h2-7,10-13,26-28,30H,8-9,14-23H2,1H3,(H,32,36)/t26-,27-,28-,30?,31?/m0/s1. The fraction of sp³-hybridized carbons (Fsp3) is 0.581. The van der Waals surface area contributed by atoms with Gasteiger partial charge < -0.3 is 10.2 Å². The molecule has 36 heavy (non-hydrogen) atoms. The average molecular weight is 487 g/mol. The number of likely N-dealkylation sites (N-methyl/N-ethyl adjacent to an activating group) is 1. The molecule has 2 aromatic rings. The van der Waals surface area contributed by atoms with E-state index in [0.717, 1.165) is 45.7 Å². The predicted molar refractivity (Wildman–Crippen MR) is 145 cm³/mol. The highest BCUT2D eigenvalue weighted by Gasteiger charge is 2.58. The Labute approximate surface area is 216 Å². The molecule has 1 amide bonds. The zero-order chi connectivity index (χ0) is 24.5. The van der Waals surface area contributed by atoms with Gasteiger partial charge in [-0.25, -0.2) is 0 Å². The van der Waals surface area contributed by atoms with Crippen LogP contribution in [0.2, 0.25) is 0 Å². The van der Waals surface area contributed by atoms with Crippen molar-refractivity contribution in [2.24, 2.45) is 5.92 Å². The molecule has 7 rings (SSSR count). The summed E-state index contributed by atoms with van der Waals surface area (Å²) in [5.41, 5.74) is 3.02. The Morgan fingerprint density at radius 3 is 1.92 bits per heavy atom. The minimum absolute atomic E-state index is 0.128. The van der Waals surface area contributed by atoms with Crippen molar-refractivity contribution >= 4 is 5.91 Å². The normalized spacial score (nSPS) is 33.6. The first-order valence-electron chi connectivity index (χ1n) is 14.2. The van der Waals surface area contributed by atoms with Crippen LogP contribution in [-0.2, 0) is 4.79 Å². The smallest absolute Gasteiger partial charge is 0.234 e. The summed E-state index contributed by atoms with van der Waals surface area (Å²) < 4.78 is 0. The monoisotopic (exact) mass is 486 g/mol. The summed E-state index contributed by atoms with van der Waals surface area (Å²) in [6.45, 7) is 7.18. The number of benzene rings is 2. The van der Waals surface area contributed by atoms with Gasteiger partial charge in [0.05, 0.1) is 6.54 Å². The number of fused-ring (bicyclic) bond motifs is 3. The molecule has 0 radical (unpaired) electrons. The number of nitrogens with zero attached hydrogens (tertiary/aromatic N) is 3. The van der Waals surface area contributed by atoms with Crippen molar-refractivity contribution in [3.63, 3.8) is 0 Å². The number of piperazine rings is 1. The van der Waals surface area contributed by atoms with Crippen molar-refractivity contribution in [2.75, 3.05) is 52.9 Å². The largest absolute Gasteiger partial charge is 0.352 e. The highest BCUT2D eigenvalue weighted by atomic mass is 16.2. The maximum atomic E-state index is 13.4. The number of rotatable bonds is 6. The predicted octanol–water partition coefficient (Wildman–Crippen LogP) is 3.93. The molecule has 2 heterocycles. The van der Waals surface area contributed by atoms with Crippen LogP contribution in [0, 0.1) is 5.92 Å². The van der Waals surface area contributed by atoms with Gasteiger partial charge in [0.25, 0.3) is 0 Å². The van der Waals surface area contributed by atoms with Gasteiger partial charge in [0.2, 0.25) is 5.91 Å². The average Bonchev–Trinajstić information content (AvgIpc) is 3.43. The molecule has 5 heteroatoms. The molecule has 3 aliphatic carbocycles. The van der Waals surface area contributed by atoms with Crippen LogP contribution in [0.1, 0.15) is 55.1 Å². The molecule has 2 aromatic carbocycles. The summed E-state index contributed by atoms with van der Waals surface area (Å²) in [6, 6.07) is 22.5. The third kappa shape index (κ3) is 4.73. The van der Waals surface area contributed by atoms with Crippen molar-refractivity contribution in [1.82, 2.24) is 20.0 Å². The number of carbonyl (C=O) groups excluding carboxylic acids is 1. The van der Waals surface area contributed by atoms with Gasteiger partial charge in [0.1, 0.15) is 0 Å². The molecule has 2 saturated heterocycles. The van der Waals surface area contributed by atoms with Crippen LogP contribution >= 0.6 is 0 Å². The molecule has 5 aliphatic rings. The quantitative estimate of drug-likeness (QED) is 0.672. The first-order chi connectivity index (χ1) is 17.6. The highest BCUT2D eigenvalue weighted by Crippen LogP contribution is 2.59. The van der Waals surface area contributed by atoms with Crippen molar-refractivity contribution in [1.29, 1.82) is 0 Å². The SMILES string of the molecule is CN1CCN(C23C[C@H](NC(=O)CN4CCCC4)C([C@H](c4ccccc4)C2)[C@H](c2ccccc2)C3)CC1. The fourth-order valence-electron chi connectivity index (χ4n) is 8.02. The summed E-state index contributed by atoms with van der Waals surface area (Å²) in [5, 5.41) is 3.63. The van der Waals surface area contributed by atoms with Gasteiger partial charge in [-0.3, -0.25) is 14.6 Å². The lowest BCUT2D eigenvalue weighted by Gasteiger charge is -2.63. The van der Waals surface area contributed by atoms with Crippen molar-refractivity contribution < 1.29 is 4.79 Å². The van der Waals surface area contributed by atoms with Gasteiger partial charge >= 0.3 is 0 Å². The first-order valence-corrected chi connectivity index (χ1v) is 14.2. The highest BCUT2D eigenvalue weighted by molar-refractivity contribution is 5.78. The van der Waals surface area contributed by atoms with E-state index in [2.05, 4.69) is 87.7 Å². The van der Waals surface area contributed by atoms with Gasteiger partial charge in [-0.05, 0) is 81.1 Å². The lowest BCUT2D eigenvalue weighted by atomic mass is 9.51. The Bertz CT molecular complexity index is 964. The molecule has 192 valence electrons. The van der Waals surface area contributed by atoms with Crippen LogP contribution in [0.3, 0.4) is 0 Å². The molecule has 5 fully saturated rings. The number of hydrogen-bond acceptors (Lipinski definition) is 4. The van der Waals surface area contributed by atoms with E-state index >= 15 is 0 Å². The van der Waals surface area contributed by atoms with E-state index in [9.17, 15) is 4.79 Å². The van der Waals surface area contributed by atoms with E-state index in [4.69, 9.17) is 0 Å². The lowest BCUT2D eigenvalue weighted by Crippen LogP contribution is -2.68. The Morgan fingerprint density at radius 2 is 1.36 bits per heavy atom. The zero-order valence-corrected chi connectivity index (χ0v) is 21.8. The zero-order valence-electron chi connectivity index (χ0n) is 21.8. The van der Waals surface area contributed by atoms with E-state index in [1.165, 1.54) is 36.8 Å². The summed E-state index contributed by atoms with van der Waals surface area (Å²) >= 11 is 0. The van der Waals surface area contributed by atoms with Gasteiger partial charge in [0, 0.05) is 37.8 Å². The topological polar surface area (TPSA) is 38.8 Å². The third-order valence-corrected chi connectivity index (χ3v) is 9.74. The molecule has 0 aromatic heterocycles. The second kappa shape index (κ2) is 10.3. The Hall–Kier alpha value is -2.21. The third-order valence-electron chi connectivity index (χ3n) is 9.74. The molecule has 2 aliphatic heterocycles. The van der Waals surface area contributed by atoms with Crippen molar-refractivity contribution in [2.45, 2.75) is 55.5 Å². The van der Waals surface area contributed by atoms with Crippen LogP contribution in [0.4, 0.5) is 0 Å². The van der Waals surface area contributed by atoms with Gasteiger partial charge in [-0.2, -0.15) is 0 Å². The lowest BCUT2D eigenvalue weighted by molar-refractivity contribution is -0.126. The van der Waals surface area contributed by atoms with Crippen LogP contribution in [-0.4, -0.2) is 85.0 Å². The molecule has 0 spiro atoms. The Morgan fingerprint density at radius 1 is 0.806 bits per heavy atom. The maximum absolute atomic E-state index is 13.4. The van der Waals surface area contributed by atoms with Crippen LogP contribution < -0.4 is 5.32 Å². The molecular weight excluding hydrogens is 444 g/mol. The number of likely N-dealkylation sites (tertiary alicyclic amines) is 1. The number of carbonyl (C=O) groups is 1. The molecular formula is C31H42N4O. The van der Waals surface area contributed by atoms with Crippen LogP contribution in [0.25, 0.3) is 0 Å². The fourth-order valence-corrected chi connectivity index (χ4v) is 8.02. The summed E-state index contributed by atoms with van der Waals surface area (Å²) in [5.74, 6) is 1.56. The second-order valence-electron chi connectivity index (χ2n) is 11.9. The van der Waals surface area contributed by atoms with E-state index in [1.54, 1.807) is 0 Å². The van der Waals surface area contributed by atoms with Crippen LogP contribution in [0.15, 0.2) is 60.7 Å². The van der Waals surface area contributed by atoms with Gasteiger partial charge in [-0.15, -0.1) is 0 Å². The molecule has 2 bridgehead atoms. The van der Waals surface area contributed by atoms with E-state index < -0.39 is 0 Å². The minimum atomic E-state index is 0.128. The number of hydrogen-bond donors (Lipinski definition) is 1. The van der Waals surface area contributed by atoms with Crippen molar-refractivity contribution in [3.05, 3.63) is 71.8 Å².